The first kappa shape index (κ1) is 18.6. The first-order chi connectivity index (χ1) is 12.6. The maximum Gasteiger partial charge on any atom is 0.204 e. The predicted molar refractivity (Wildman–Crippen MR) is 104 cm³/mol. The maximum atomic E-state index is 13.0. The largest absolute Gasteiger partial charge is 0.507 e. The second-order valence-corrected chi connectivity index (χ2v) is 7.18. The molecule has 27 heavy (non-hydrogen) atoms. The van der Waals surface area contributed by atoms with E-state index in [0.29, 0.717) is 5.56 Å². The fourth-order valence-corrected chi connectivity index (χ4v) is 3.22. The van der Waals surface area contributed by atoms with Crippen molar-refractivity contribution < 1.29 is 24.8 Å². The van der Waals surface area contributed by atoms with Crippen LogP contribution in [0.1, 0.15) is 44.7 Å². The van der Waals surface area contributed by atoms with Crippen LogP contribution in [-0.4, -0.2) is 20.4 Å². The summed E-state index contributed by atoms with van der Waals surface area (Å²) >= 11 is 0. The molecule has 3 rings (SSSR count). The Kier molecular flexibility index (Phi) is 4.51. The Balaban J connectivity index is 2.59. The molecule has 0 bridgehead atoms. The lowest BCUT2D eigenvalue weighted by atomic mass is 9.92. The van der Waals surface area contributed by atoms with Gasteiger partial charge in [-0.25, -0.2) is 0 Å². The molecule has 0 unspecified atom stereocenters. The van der Waals surface area contributed by atoms with Crippen molar-refractivity contribution in [2.24, 2.45) is 0 Å². The van der Waals surface area contributed by atoms with Crippen molar-refractivity contribution >= 4 is 21.9 Å². The molecule has 0 fully saturated rings. The first-order valence-corrected chi connectivity index (χ1v) is 8.66. The van der Waals surface area contributed by atoms with Crippen molar-refractivity contribution in [2.45, 2.75) is 40.0 Å². The van der Waals surface area contributed by atoms with Crippen LogP contribution in [0.2, 0.25) is 0 Å². The highest BCUT2D eigenvalue weighted by Gasteiger charge is 2.26. The summed E-state index contributed by atoms with van der Waals surface area (Å²) in [6, 6.07) is 2.51. The van der Waals surface area contributed by atoms with E-state index in [4.69, 9.17) is 4.42 Å². The van der Waals surface area contributed by atoms with Gasteiger partial charge in [-0.1, -0.05) is 25.5 Å². The van der Waals surface area contributed by atoms with Crippen LogP contribution in [0.25, 0.3) is 21.9 Å². The molecular formula is C21H22O6. The summed E-state index contributed by atoms with van der Waals surface area (Å²) in [5.74, 6) is -1.70. The minimum absolute atomic E-state index is 0.00898. The summed E-state index contributed by atoms with van der Waals surface area (Å²) in [4.78, 5) is 13.0. The highest BCUT2D eigenvalue weighted by atomic mass is 16.4. The van der Waals surface area contributed by atoms with Crippen LogP contribution in [0, 0.1) is 0 Å². The highest BCUT2D eigenvalue weighted by Crippen LogP contribution is 2.44. The van der Waals surface area contributed by atoms with Gasteiger partial charge in [0.05, 0.1) is 5.39 Å². The third-order valence-corrected chi connectivity index (χ3v) is 4.61. The summed E-state index contributed by atoms with van der Waals surface area (Å²) < 4.78 is 5.74. The normalized spacial score (nSPS) is 11.4. The van der Waals surface area contributed by atoms with Crippen molar-refractivity contribution in [2.75, 3.05) is 0 Å². The van der Waals surface area contributed by atoms with E-state index in [1.54, 1.807) is 13.8 Å². The fraction of sp³-hybridized carbons (Fsp3) is 0.286. The summed E-state index contributed by atoms with van der Waals surface area (Å²) in [5.41, 5.74) is 0.876. The van der Waals surface area contributed by atoms with Gasteiger partial charge in [0, 0.05) is 11.1 Å². The predicted octanol–water partition coefficient (Wildman–Crippen LogP) is 4.40. The summed E-state index contributed by atoms with van der Waals surface area (Å²) in [6.07, 6.45) is 2.14. The number of benzene rings is 2. The second kappa shape index (κ2) is 6.54. The van der Waals surface area contributed by atoms with E-state index in [1.165, 1.54) is 12.1 Å². The van der Waals surface area contributed by atoms with Crippen LogP contribution in [0.4, 0.5) is 0 Å². The zero-order chi connectivity index (χ0) is 20.0. The third kappa shape index (κ3) is 2.87. The molecule has 3 aromatic rings. The number of allylic oxidation sites excluding steroid dienone is 2. The van der Waals surface area contributed by atoms with E-state index in [-0.39, 0.29) is 51.3 Å². The highest BCUT2D eigenvalue weighted by molar-refractivity contribution is 5.99. The molecule has 0 spiro atoms. The molecule has 0 saturated heterocycles. The van der Waals surface area contributed by atoms with E-state index < -0.39 is 16.9 Å². The zero-order valence-electron chi connectivity index (χ0n) is 15.6. The average Bonchev–Trinajstić information content (AvgIpc) is 2.57. The Morgan fingerprint density at radius 3 is 2.30 bits per heavy atom. The number of phenolic OH excluding ortho intramolecular Hbond substituents is 4. The van der Waals surface area contributed by atoms with E-state index in [9.17, 15) is 25.2 Å². The average molecular weight is 370 g/mol. The molecular weight excluding hydrogens is 348 g/mol. The molecule has 1 heterocycles. The SMILES string of the molecule is CC(C)=CCc1c(O)c(C(C)C)c(O)c2c(=O)c3ccc(O)c(O)c3oc12. The van der Waals surface area contributed by atoms with Gasteiger partial charge in [-0.15, -0.1) is 0 Å². The Labute approximate surface area is 155 Å². The standard InChI is InChI=1S/C21H22O6/c1-9(2)5-6-11-16(23)14(10(3)4)19(26)15-17(24)12-7-8-13(22)18(25)21(12)27-20(11)15/h5,7-8,10,22-23,25-26H,6H2,1-4H3. The third-order valence-electron chi connectivity index (χ3n) is 4.61. The van der Waals surface area contributed by atoms with E-state index in [1.807, 2.05) is 19.9 Å². The Bertz CT molecular complexity index is 1150. The lowest BCUT2D eigenvalue weighted by molar-refractivity contribution is 0.400. The van der Waals surface area contributed by atoms with Crippen LogP contribution in [-0.2, 0) is 6.42 Å². The van der Waals surface area contributed by atoms with Crippen LogP contribution in [0.5, 0.6) is 23.0 Å². The van der Waals surface area contributed by atoms with Crippen LogP contribution in [0.3, 0.4) is 0 Å². The van der Waals surface area contributed by atoms with Crippen LogP contribution >= 0.6 is 0 Å². The van der Waals surface area contributed by atoms with Crippen molar-refractivity contribution in [3.05, 3.63) is 45.1 Å². The number of aromatic hydroxyl groups is 4. The molecule has 6 heteroatoms. The molecule has 6 nitrogen and oxygen atoms in total. The molecule has 0 amide bonds. The Morgan fingerprint density at radius 1 is 1.04 bits per heavy atom. The molecule has 0 atom stereocenters. The van der Waals surface area contributed by atoms with Gasteiger partial charge < -0.3 is 24.8 Å². The second-order valence-electron chi connectivity index (χ2n) is 7.18. The topological polar surface area (TPSA) is 111 Å². The molecule has 0 aliphatic heterocycles. The first-order valence-electron chi connectivity index (χ1n) is 8.66. The number of hydrogen-bond acceptors (Lipinski definition) is 6. The maximum absolute atomic E-state index is 13.0. The summed E-state index contributed by atoms with van der Waals surface area (Å²) in [7, 11) is 0. The number of phenols is 4. The Morgan fingerprint density at radius 2 is 1.70 bits per heavy atom. The molecule has 0 radical (unpaired) electrons. The molecule has 142 valence electrons. The van der Waals surface area contributed by atoms with E-state index in [2.05, 4.69) is 0 Å². The van der Waals surface area contributed by atoms with Crippen molar-refractivity contribution in [1.29, 1.82) is 0 Å². The lowest BCUT2D eigenvalue weighted by Gasteiger charge is -2.17. The van der Waals surface area contributed by atoms with E-state index >= 15 is 0 Å². The van der Waals surface area contributed by atoms with Crippen molar-refractivity contribution in [3.8, 4) is 23.0 Å². The molecule has 0 aliphatic carbocycles. The van der Waals surface area contributed by atoms with Gasteiger partial charge >= 0.3 is 0 Å². The minimum atomic E-state index is -0.563. The van der Waals surface area contributed by atoms with Gasteiger partial charge in [0.1, 0.15) is 22.5 Å². The number of hydrogen-bond donors (Lipinski definition) is 4. The van der Waals surface area contributed by atoms with Gasteiger partial charge in [0.25, 0.3) is 0 Å². The minimum Gasteiger partial charge on any atom is -0.507 e. The zero-order valence-corrected chi connectivity index (χ0v) is 15.6. The van der Waals surface area contributed by atoms with Gasteiger partial charge in [0.15, 0.2) is 11.3 Å². The van der Waals surface area contributed by atoms with Crippen LogP contribution in [0.15, 0.2) is 33.0 Å². The molecule has 1 aromatic heterocycles. The summed E-state index contributed by atoms with van der Waals surface area (Å²) in [5, 5.41) is 41.3. The fourth-order valence-electron chi connectivity index (χ4n) is 3.22. The Hall–Kier alpha value is -3.15. The monoisotopic (exact) mass is 370 g/mol. The smallest absolute Gasteiger partial charge is 0.204 e. The van der Waals surface area contributed by atoms with Gasteiger partial charge in [-0.3, -0.25) is 4.79 Å². The molecule has 0 saturated carbocycles. The molecule has 2 aromatic carbocycles. The number of rotatable bonds is 3. The quantitative estimate of drug-likeness (QED) is 0.309. The lowest BCUT2D eigenvalue weighted by Crippen LogP contribution is -2.07. The van der Waals surface area contributed by atoms with Crippen molar-refractivity contribution in [1.82, 2.24) is 0 Å². The molecule has 4 N–H and O–H groups in total. The summed E-state index contributed by atoms with van der Waals surface area (Å²) in [6.45, 7) is 7.41. The van der Waals surface area contributed by atoms with E-state index in [0.717, 1.165) is 5.57 Å². The number of fused-ring (bicyclic) bond motifs is 2. The van der Waals surface area contributed by atoms with Gasteiger partial charge in [-0.05, 0) is 38.3 Å². The molecule has 0 aliphatic rings. The van der Waals surface area contributed by atoms with Crippen LogP contribution < -0.4 is 5.43 Å². The van der Waals surface area contributed by atoms with Gasteiger partial charge in [-0.2, -0.15) is 0 Å². The van der Waals surface area contributed by atoms with Crippen molar-refractivity contribution in [3.63, 3.8) is 0 Å². The van der Waals surface area contributed by atoms with Gasteiger partial charge in [0.2, 0.25) is 11.2 Å².